The SMILES string of the molecule is NCC(=CF)COc1ccc(S(=O)(=O)CC23CCC(C(=O)N4CCC(F)(F)CC4)(CC2)CC3)cc1. The third-order valence-corrected chi connectivity index (χ3v) is 10.1. The maximum Gasteiger partial charge on any atom is 0.251 e. The van der Waals surface area contributed by atoms with Gasteiger partial charge in [-0.2, -0.15) is 0 Å². The number of benzene rings is 1. The van der Waals surface area contributed by atoms with E-state index in [0.29, 0.717) is 56.2 Å². The third-order valence-electron chi connectivity index (χ3n) is 8.16. The second kappa shape index (κ2) is 9.76. The van der Waals surface area contributed by atoms with Crippen molar-refractivity contribution in [2.45, 2.75) is 62.2 Å². The quantitative estimate of drug-likeness (QED) is 0.560. The van der Waals surface area contributed by atoms with E-state index in [-0.39, 0.29) is 61.1 Å². The van der Waals surface area contributed by atoms with E-state index in [9.17, 15) is 26.4 Å². The lowest BCUT2D eigenvalue weighted by atomic mass is 9.54. The Balaban J connectivity index is 1.36. The maximum atomic E-state index is 13.5. The highest BCUT2D eigenvalue weighted by atomic mass is 32.2. The van der Waals surface area contributed by atoms with E-state index < -0.39 is 21.2 Å². The first-order valence-electron chi connectivity index (χ1n) is 12.1. The number of amides is 1. The lowest BCUT2D eigenvalue weighted by molar-refractivity contribution is -0.156. The molecule has 3 saturated carbocycles. The van der Waals surface area contributed by atoms with E-state index in [2.05, 4.69) is 0 Å². The molecule has 1 saturated heterocycles. The maximum absolute atomic E-state index is 13.5. The van der Waals surface area contributed by atoms with Gasteiger partial charge in [0.1, 0.15) is 12.4 Å². The van der Waals surface area contributed by atoms with Crippen LogP contribution < -0.4 is 10.5 Å². The Morgan fingerprint density at radius 1 is 1.00 bits per heavy atom. The van der Waals surface area contributed by atoms with Crippen LogP contribution in [0.25, 0.3) is 0 Å². The van der Waals surface area contributed by atoms with Crippen molar-refractivity contribution < 1.29 is 31.1 Å². The summed E-state index contributed by atoms with van der Waals surface area (Å²) in [6, 6.07) is 6.08. The van der Waals surface area contributed by atoms with Gasteiger partial charge in [-0.05, 0) is 68.2 Å². The molecule has 0 radical (unpaired) electrons. The van der Waals surface area contributed by atoms with Gasteiger partial charge in [0.05, 0.1) is 17.0 Å². The molecule has 5 rings (SSSR count). The van der Waals surface area contributed by atoms with Gasteiger partial charge in [-0.15, -0.1) is 0 Å². The van der Waals surface area contributed by atoms with Crippen LogP contribution in [0.1, 0.15) is 51.4 Å². The van der Waals surface area contributed by atoms with Crippen molar-refractivity contribution in [3.63, 3.8) is 0 Å². The van der Waals surface area contributed by atoms with Crippen molar-refractivity contribution in [3.8, 4) is 5.75 Å². The number of carbonyl (C=O) groups is 1. The van der Waals surface area contributed by atoms with Crippen LogP contribution in [0, 0.1) is 10.8 Å². The molecule has 6 nitrogen and oxygen atoms in total. The molecule has 1 aromatic carbocycles. The number of alkyl halides is 2. The standard InChI is InChI=1S/C25H33F3N2O4S/c26-15-19(16-29)17-34-20-1-3-21(4-2-20)35(32,33)18-23-5-8-24(9-6-23,10-7-23)22(31)30-13-11-25(27,28)12-14-30/h1-4,15H,5-14,16-18,29H2. The van der Waals surface area contributed by atoms with Crippen LogP contribution in [-0.4, -0.2) is 57.1 Å². The molecule has 2 N–H and O–H groups in total. The van der Waals surface area contributed by atoms with Gasteiger partial charge in [0.15, 0.2) is 9.84 Å². The van der Waals surface area contributed by atoms with Crippen LogP contribution in [0.15, 0.2) is 41.1 Å². The van der Waals surface area contributed by atoms with Crippen LogP contribution in [0.3, 0.4) is 0 Å². The van der Waals surface area contributed by atoms with Crippen molar-refractivity contribution in [2.75, 3.05) is 32.0 Å². The number of likely N-dealkylation sites (tertiary alicyclic amines) is 1. The summed E-state index contributed by atoms with van der Waals surface area (Å²) in [5.41, 5.74) is 4.80. The van der Waals surface area contributed by atoms with Crippen molar-refractivity contribution in [1.82, 2.24) is 4.90 Å². The zero-order valence-electron chi connectivity index (χ0n) is 19.8. The van der Waals surface area contributed by atoms with Gasteiger partial charge < -0.3 is 15.4 Å². The molecular formula is C25H33F3N2O4S. The number of fused-ring (bicyclic) bond motifs is 3. The number of halogens is 3. The molecule has 2 bridgehead atoms. The van der Waals surface area contributed by atoms with Crippen LogP contribution in [0.5, 0.6) is 5.75 Å². The number of hydrogen-bond acceptors (Lipinski definition) is 5. The predicted molar refractivity (Wildman–Crippen MR) is 126 cm³/mol. The summed E-state index contributed by atoms with van der Waals surface area (Å²) in [4.78, 5) is 15.0. The summed E-state index contributed by atoms with van der Waals surface area (Å²) in [5, 5.41) is 0. The Morgan fingerprint density at radius 2 is 1.57 bits per heavy atom. The molecule has 0 atom stereocenters. The fourth-order valence-corrected chi connectivity index (χ4v) is 7.67. The van der Waals surface area contributed by atoms with Gasteiger partial charge in [0.25, 0.3) is 5.92 Å². The topological polar surface area (TPSA) is 89.7 Å². The number of hydrogen-bond donors (Lipinski definition) is 1. The number of carbonyl (C=O) groups excluding carboxylic acids is 1. The smallest absolute Gasteiger partial charge is 0.251 e. The highest BCUT2D eigenvalue weighted by Gasteiger charge is 2.55. The zero-order chi connectivity index (χ0) is 25.3. The summed E-state index contributed by atoms with van der Waals surface area (Å²) < 4.78 is 71.5. The third kappa shape index (κ3) is 5.53. The lowest BCUT2D eigenvalue weighted by Crippen LogP contribution is -2.55. The molecule has 4 fully saturated rings. The summed E-state index contributed by atoms with van der Waals surface area (Å²) in [5.74, 6) is -2.29. The monoisotopic (exact) mass is 514 g/mol. The van der Waals surface area contributed by atoms with Crippen LogP contribution in [0.2, 0.25) is 0 Å². The van der Waals surface area contributed by atoms with Crippen molar-refractivity contribution >= 4 is 15.7 Å². The zero-order valence-corrected chi connectivity index (χ0v) is 20.6. The number of rotatable bonds is 8. The average Bonchev–Trinajstić information content (AvgIpc) is 2.85. The number of nitrogens with zero attached hydrogens (tertiary/aromatic N) is 1. The minimum atomic E-state index is -3.56. The van der Waals surface area contributed by atoms with E-state index in [0.717, 1.165) is 0 Å². The fourth-order valence-electron chi connectivity index (χ4n) is 5.71. The molecule has 0 aromatic heterocycles. The predicted octanol–water partition coefficient (Wildman–Crippen LogP) is 4.25. The summed E-state index contributed by atoms with van der Waals surface area (Å²) in [6.45, 7) is 0.198. The molecule has 10 heteroatoms. The summed E-state index contributed by atoms with van der Waals surface area (Å²) >= 11 is 0. The second-order valence-electron chi connectivity index (χ2n) is 10.4. The van der Waals surface area contributed by atoms with E-state index in [1.54, 1.807) is 17.0 Å². The first-order chi connectivity index (χ1) is 16.5. The van der Waals surface area contributed by atoms with Gasteiger partial charge in [-0.1, -0.05) is 0 Å². The lowest BCUT2D eigenvalue weighted by Gasteiger charge is -2.53. The molecule has 35 heavy (non-hydrogen) atoms. The number of piperidine rings is 1. The second-order valence-corrected chi connectivity index (χ2v) is 12.4. The molecule has 0 spiro atoms. The van der Waals surface area contributed by atoms with Gasteiger partial charge >= 0.3 is 0 Å². The van der Waals surface area contributed by atoms with Crippen molar-refractivity contribution in [3.05, 3.63) is 36.2 Å². The highest BCUT2D eigenvalue weighted by Crippen LogP contribution is 2.58. The van der Waals surface area contributed by atoms with Gasteiger partial charge in [0.2, 0.25) is 5.91 Å². The van der Waals surface area contributed by atoms with E-state index >= 15 is 0 Å². The minimum absolute atomic E-state index is 0.0114. The van der Waals surface area contributed by atoms with Crippen molar-refractivity contribution in [1.29, 1.82) is 0 Å². The van der Waals surface area contributed by atoms with Crippen LogP contribution in [0.4, 0.5) is 13.2 Å². The Bertz CT molecular complexity index is 1040. The molecule has 1 aliphatic heterocycles. The summed E-state index contributed by atoms with van der Waals surface area (Å²) in [6.07, 6.45) is 3.55. The molecular weight excluding hydrogens is 481 g/mol. The van der Waals surface area contributed by atoms with Gasteiger partial charge in [-0.25, -0.2) is 21.6 Å². The van der Waals surface area contributed by atoms with Crippen LogP contribution in [-0.2, 0) is 14.6 Å². The molecule has 0 unspecified atom stereocenters. The summed E-state index contributed by atoms with van der Waals surface area (Å²) in [7, 11) is -3.56. The molecule has 4 aliphatic rings. The number of sulfone groups is 1. The molecule has 1 heterocycles. The molecule has 1 aromatic rings. The minimum Gasteiger partial charge on any atom is -0.489 e. The Labute approximate surface area is 204 Å². The van der Waals surface area contributed by atoms with Gasteiger partial charge in [-0.3, -0.25) is 4.79 Å². The largest absolute Gasteiger partial charge is 0.489 e. The fraction of sp³-hybridized carbons (Fsp3) is 0.640. The molecule has 3 aliphatic carbocycles. The Morgan fingerprint density at radius 3 is 2.09 bits per heavy atom. The Hall–Kier alpha value is -2.07. The first kappa shape index (κ1) is 26.0. The average molecular weight is 515 g/mol. The van der Waals surface area contributed by atoms with Gasteiger partial charge in [0, 0.05) is 43.5 Å². The van der Waals surface area contributed by atoms with E-state index in [1.807, 2.05) is 0 Å². The normalized spacial score (nSPS) is 28.7. The van der Waals surface area contributed by atoms with E-state index in [4.69, 9.17) is 10.5 Å². The highest BCUT2D eigenvalue weighted by molar-refractivity contribution is 7.91. The Kier molecular flexibility index (Phi) is 7.26. The molecule has 194 valence electrons. The molecule has 1 amide bonds. The number of nitrogens with two attached hydrogens (primary N) is 1. The van der Waals surface area contributed by atoms with E-state index in [1.165, 1.54) is 12.1 Å². The van der Waals surface area contributed by atoms with Crippen LogP contribution >= 0.6 is 0 Å². The van der Waals surface area contributed by atoms with Crippen molar-refractivity contribution in [2.24, 2.45) is 16.6 Å². The first-order valence-corrected chi connectivity index (χ1v) is 13.8. The number of ether oxygens (including phenoxy) is 1.